The summed E-state index contributed by atoms with van der Waals surface area (Å²) in [5.74, 6) is -15.3. The third kappa shape index (κ3) is 45.5. The van der Waals surface area contributed by atoms with Crippen LogP contribution in [0.15, 0.2) is 18.2 Å². The Balaban J connectivity index is 0.850. The predicted molar refractivity (Wildman–Crippen MR) is 483 cm³/mol. The third-order valence-electron chi connectivity index (χ3n) is 20.6. The van der Waals surface area contributed by atoms with Gasteiger partial charge in [0.15, 0.2) is 40.4 Å². The predicted octanol–water partition coefficient (Wildman–Crippen LogP) is -8.35. The lowest BCUT2D eigenvalue weighted by atomic mass is 10.0. The quantitative estimate of drug-likeness (QED) is 0.0108. The molecule has 3 heterocycles. The number of ether oxygens (including phenoxy) is 13. The van der Waals surface area contributed by atoms with E-state index in [1.807, 2.05) is 0 Å². The number of carboxylic acids is 1. The fourth-order valence-electron chi connectivity index (χ4n) is 12.8. The molecule has 0 aliphatic carbocycles. The molecule has 2 aromatic carbocycles. The number of carbonyl (C=O) groups is 16. The fraction of sp³-hybridized carbons (Fsp3) is 0.655. The maximum Gasteiger partial charge on any atom is 0.306 e. The van der Waals surface area contributed by atoms with Gasteiger partial charge in [-0.1, -0.05) is 0 Å². The van der Waals surface area contributed by atoms with Crippen molar-refractivity contribution >= 4 is 116 Å². The number of halogens is 2. The highest BCUT2D eigenvalue weighted by molar-refractivity contribution is 7.20. The second-order valence-electron chi connectivity index (χ2n) is 31.6. The number of esters is 1. The number of amides is 13. The van der Waals surface area contributed by atoms with E-state index in [0.717, 1.165) is 11.3 Å². The van der Waals surface area contributed by atoms with Crippen LogP contribution in [0.4, 0.5) is 8.78 Å². The number of rotatable bonds is 77. The van der Waals surface area contributed by atoms with Gasteiger partial charge in [-0.2, -0.15) is 0 Å². The molecule has 1 aromatic heterocycles. The Bertz CT molecular complexity index is 4610. The number of hydrogen-bond acceptors (Lipinski definition) is 40. The number of aliphatic hydroxyl groups is 10. The number of carboxylic acid groups (broad SMARTS) is 1. The van der Waals surface area contributed by atoms with Gasteiger partial charge in [0, 0.05) is 107 Å². The van der Waals surface area contributed by atoms with Crippen LogP contribution in [0.2, 0.25) is 0 Å². The molecule has 1 unspecified atom stereocenters. The van der Waals surface area contributed by atoms with Gasteiger partial charge in [-0.05, 0) is 37.5 Å². The molecule has 0 saturated carbocycles. The fourth-order valence-corrected chi connectivity index (χ4v) is 13.9. The first-order chi connectivity index (χ1) is 68.3. The molecule has 0 spiro atoms. The summed E-state index contributed by atoms with van der Waals surface area (Å²) in [5, 5.41) is 129. The highest BCUT2D eigenvalue weighted by Crippen LogP contribution is 2.42. The summed E-state index contributed by atoms with van der Waals surface area (Å²) in [6.45, 7) is -2.50. The van der Waals surface area contributed by atoms with E-state index in [1.54, 1.807) is 0 Å². The minimum Gasteiger partial charge on any atom is -0.493 e. The first-order valence-corrected chi connectivity index (χ1v) is 46.1. The zero-order valence-electron chi connectivity index (χ0n) is 79.7. The number of imide groups is 1. The van der Waals surface area contributed by atoms with E-state index in [4.69, 9.17) is 78.3 Å². The van der Waals surface area contributed by atoms with Crippen LogP contribution in [0.1, 0.15) is 106 Å². The Morgan fingerprint density at radius 1 is 0.458 bits per heavy atom. The van der Waals surface area contributed by atoms with E-state index in [2.05, 4.69) is 53.2 Å². The zero-order chi connectivity index (χ0) is 105. The van der Waals surface area contributed by atoms with Crippen molar-refractivity contribution in [3.8, 4) is 23.0 Å². The molecule has 52 nitrogen and oxygen atoms in total. The van der Waals surface area contributed by atoms with Crippen LogP contribution in [-0.2, 0) is 128 Å². The summed E-state index contributed by atoms with van der Waals surface area (Å²) >= 11 is 0.923. The van der Waals surface area contributed by atoms with Crippen LogP contribution < -0.4 is 72.1 Å². The highest BCUT2D eigenvalue weighted by Gasteiger charge is 2.37. The summed E-state index contributed by atoms with van der Waals surface area (Å²) in [7, 11) is 2.58. The SMILES string of the molecule is [3H]C1CC(=O)N(CC(=O)N[C@@H](CCC(=O)NC[C@H](C)OC(=O)CCC(=O)c2cc3c(F)c(OCCCOc4c(OC)cc5c(c4F)CN(C(=O)CCC(=O)O)C5)c(OC)cc3s2)C(=O)NCC(=O)NCC(=O)NCC(=O)NCC(=O)NCCOCCOCCOCCOCCOCCOCCOCCOCCC(=O)N[C@@H](CCC(=O)NC[C@H](O)[C@@H](O)[C@H](O)[C@H](O)CO)C(=O)NC[C@H](O)[C@@H](O)[C@H](O)[C@H](O)CO)C1=O. The molecule has 3 aromatic rings. The second-order valence-corrected chi connectivity index (χ2v) is 32.6. The van der Waals surface area contributed by atoms with Crippen LogP contribution in [0.5, 0.6) is 23.0 Å². The number of fused-ring (bicyclic) bond motifs is 2. The smallest absolute Gasteiger partial charge is 0.306 e. The minimum absolute atomic E-state index is 0.00704. The molecule has 55 heteroatoms. The molecule has 5 rings (SSSR count). The van der Waals surface area contributed by atoms with E-state index in [0.29, 0.717) is 35.0 Å². The molecule has 0 bridgehead atoms. The average molecular weight is 2060 g/mol. The number of nitrogens with zero attached hydrogens (tertiary/aromatic N) is 2. The molecular formula is C87H130F2N12O40S. The summed E-state index contributed by atoms with van der Waals surface area (Å²) in [6, 6.07) is 1.25. The van der Waals surface area contributed by atoms with Gasteiger partial charge >= 0.3 is 11.9 Å². The number of aliphatic hydroxyl groups excluding tert-OH is 10. The Kier molecular flexibility index (Phi) is 56.5. The van der Waals surface area contributed by atoms with Gasteiger partial charge in [0.05, 0.1) is 209 Å². The Morgan fingerprint density at radius 3 is 1.39 bits per heavy atom. The number of Topliss-reactive ketones (excluding diaryl/α,β-unsaturated/α-hetero) is 1. The van der Waals surface area contributed by atoms with E-state index in [1.165, 1.54) is 44.2 Å². The van der Waals surface area contributed by atoms with Gasteiger partial charge < -0.3 is 176 Å². The lowest BCUT2D eigenvalue weighted by Crippen LogP contribution is -2.53. The number of methoxy groups -OCH3 is 2. The number of nitrogens with one attached hydrogen (secondary N) is 10. The number of hydrogen-bond donors (Lipinski definition) is 21. The van der Waals surface area contributed by atoms with Crippen molar-refractivity contribution in [1.29, 1.82) is 0 Å². The molecule has 1 fully saturated rings. The number of benzene rings is 2. The normalized spacial score (nSPS) is 15.3. The maximum atomic E-state index is 16.1. The highest BCUT2D eigenvalue weighted by atomic mass is 32.1. The molecule has 798 valence electrons. The van der Waals surface area contributed by atoms with Gasteiger partial charge in [0.2, 0.25) is 76.8 Å². The zero-order valence-corrected chi connectivity index (χ0v) is 79.5. The molecule has 2 aliphatic heterocycles. The number of aliphatic carboxylic acids is 1. The molecule has 13 amide bonds. The molecule has 0 radical (unpaired) electrons. The van der Waals surface area contributed by atoms with E-state index < -0.39 is 271 Å². The van der Waals surface area contributed by atoms with Crippen molar-refractivity contribution in [2.24, 2.45) is 0 Å². The third-order valence-corrected chi connectivity index (χ3v) is 21.8. The first-order valence-electron chi connectivity index (χ1n) is 45.8. The number of likely N-dealkylation sites (tertiary alicyclic amines) is 1. The standard InChI is InChI=1S/C87H130F2N12O40S/c1-50(141-77(122)14-7-56(104)64-36-52-63(142-64)37-62(130-3)85(78(52)88)140-18-4-17-139-84-61(129-2)35-51-45-100(46-53(51)79(84)89)73(117)12-13-76(120)121)38-91-65(109)8-6-55(99-72(116)47-101-74(118)10-11-75(101)119)87(128)97-44-71(115)95-43-70(114)94-42-69(113)93-41-68(112)90-16-20-132-22-24-134-26-28-136-30-32-138-34-33-137-31-29-135-27-25-133-23-21-131-19-15-67(111)98-54(86(127)96-40-58(106)81(124)83(126)60(108)49-103)5-9-66(110)92-39-57(105)80(123)82(125)59(107)48-102/h35-37,50,54-55,57-60,80-83,102-103,105-108,123-126H,4-34,38-49H2,1-3H3,(H,90,112)(H,91,109)(H,92,110)(H,93,113)(H,94,114)(H,95,115)(H,96,127)(H,97,128)(H,98,111)(H,99,116)(H,120,121)/t50-,54-,55-,57-,58-,59+,60+,80+,81+,82+,83+/m0/s1/i10T/t10?,50-,54-,55-,57-,58-,59+,60+,80+,81+,82+,83+. The van der Waals surface area contributed by atoms with Crippen molar-refractivity contribution in [1.82, 2.24) is 63.0 Å². The molecular weight excluding hydrogens is 1920 g/mol. The van der Waals surface area contributed by atoms with Gasteiger partial charge in [0.25, 0.3) is 0 Å². The Labute approximate surface area is 818 Å². The monoisotopic (exact) mass is 2050 g/mol. The maximum absolute atomic E-state index is 16.1. The van der Waals surface area contributed by atoms with Crippen LogP contribution in [-0.4, -0.2) is 433 Å². The van der Waals surface area contributed by atoms with Crippen LogP contribution in [0.3, 0.4) is 0 Å². The van der Waals surface area contributed by atoms with Crippen molar-refractivity contribution in [2.45, 2.75) is 164 Å². The van der Waals surface area contributed by atoms with E-state index in [-0.39, 0.29) is 203 Å². The Hall–Kier alpha value is -11.3. The van der Waals surface area contributed by atoms with Crippen LogP contribution >= 0.6 is 11.3 Å². The summed E-state index contributed by atoms with van der Waals surface area (Å²) in [5.41, 5.74) is 0.657. The van der Waals surface area contributed by atoms with E-state index >= 15 is 8.78 Å². The lowest BCUT2D eigenvalue weighted by molar-refractivity contribution is -0.148. The molecule has 12 atom stereocenters. The van der Waals surface area contributed by atoms with Crippen LogP contribution in [0.25, 0.3) is 10.1 Å². The van der Waals surface area contributed by atoms with Gasteiger partial charge in [-0.25, -0.2) is 8.78 Å². The summed E-state index contributed by atoms with van der Waals surface area (Å²) in [6.07, 6.45) is -21.5. The summed E-state index contributed by atoms with van der Waals surface area (Å²) in [4.78, 5) is 205. The largest absolute Gasteiger partial charge is 0.493 e. The number of ketones is 1. The molecule has 142 heavy (non-hydrogen) atoms. The molecule has 2 aliphatic rings. The van der Waals surface area contributed by atoms with Crippen LogP contribution in [0, 0.1) is 11.6 Å². The topological polar surface area (TPSA) is 742 Å². The summed E-state index contributed by atoms with van der Waals surface area (Å²) < 4.78 is 111. The van der Waals surface area contributed by atoms with Gasteiger partial charge in [-0.15, -0.1) is 11.3 Å². The average Bonchev–Trinajstić information content (AvgIpc) is 1.64. The van der Waals surface area contributed by atoms with Gasteiger partial charge in [0.1, 0.15) is 61.4 Å². The second kappa shape index (κ2) is 67.2. The molecule has 21 N–H and O–H groups in total. The number of carbonyl (C=O) groups excluding carboxylic acids is 15. The first kappa shape index (κ1) is 119. The molecule has 1 saturated heterocycles. The van der Waals surface area contributed by atoms with Gasteiger partial charge in [-0.3, -0.25) is 81.6 Å². The minimum atomic E-state index is -2.02. The van der Waals surface area contributed by atoms with Crippen molar-refractivity contribution in [3.05, 3.63) is 45.8 Å². The van der Waals surface area contributed by atoms with Crippen molar-refractivity contribution < 1.29 is 205 Å². The number of thiophene rings is 1. The van der Waals surface area contributed by atoms with E-state index in [9.17, 15) is 118 Å². The lowest BCUT2D eigenvalue weighted by Gasteiger charge is -2.26. The Morgan fingerprint density at radius 2 is 0.901 bits per heavy atom. The van der Waals surface area contributed by atoms with Crippen molar-refractivity contribution in [3.63, 3.8) is 0 Å². The van der Waals surface area contributed by atoms with Crippen molar-refractivity contribution in [2.75, 3.05) is 205 Å².